The lowest BCUT2D eigenvalue weighted by atomic mass is 9.89. The lowest BCUT2D eigenvalue weighted by Crippen LogP contribution is -2.55. The Bertz CT molecular complexity index is 1120. The Balaban J connectivity index is 1.40. The number of rotatable bonds is 6. The third kappa shape index (κ3) is 5.50. The summed E-state index contributed by atoms with van der Waals surface area (Å²) in [6.07, 6.45) is 4.88. The number of hydrogen-bond donors (Lipinski definition) is 2. The average Bonchev–Trinajstić information content (AvgIpc) is 2.86. The van der Waals surface area contributed by atoms with Crippen LogP contribution in [0.5, 0.6) is 0 Å². The molecule has 7 nitrogen and oxygen atoms in total. The van der Waals surface area contributed by atoms with Crippen molar-refractivity contribution in [3.8, 4) is 0 Å². The summed E-state index contributed by atoms with van der Waals surface area (Å²) < 4.78 is 27.5. The topological polar surface area (TPSA) is 95.6 Å². The monoisotopic (exact) mass is 483 g/mol. The average molecular weight is 484 g/mol. The second-order valence-corrected chi connectivity index (χ2v) is 11.2. The first-order chi connectivity index (χ1) is 16.4. The summed E-state index contributed by atoms with van der Waals surface area (Å²) in [6.45, 7) is 2.50. The van der Waals surface area contributed by atoms with Gasteiger partial charge in [-0.15, -0.1) is 0 Å². The van der Waals surface area contributed by atoms with E-state index in [1.807, 2.05) is 31.2 Å². The molecule has 1 heterocycles. The molecule has 2 aliphatic rings. The van der Waals surface area contributed by atoms with Crippen LogP contribution in [0.2, 0.25) is 0 Å². The number of nitrogens with zero attached hydrogens (tertiary/aromatic N) is 1. The van der Waals surface area contributed by atoms with Gasteiger partial charge in [-0.3, -0.25) is 9.59 Å². The number of nitrogens with one attached hydrogen (secondary N) is 2. The maximum absolute atomic E-state index is 13.2. The second-order valence-electron chi connectivity index (χ2n) is 9.31. The minimum Gasteiger partial charge on any atom is -0.351 e. The van der Waals surface area contributed by atoms with Crippen molar-refractivity contribution in [2.45, 2.75) is 62.4 Å². The predicted octanol–water partition coefficient (Wildman–Crippen LogP) is 3.25. The number of carbonyl (C=O) groups is 2. The molecule has 1 aliphatic carbocycles. The van der Waals surface area contributed by atoms with Crippen LogP contribution < -0.4 is 10.6 Å². The second kappa shape index (κ2) is 10.7. The number of hydrogen-bond acceptors (Lipinski definition) is 4. The summed E-state index contributed by atoms with van der Waals surface area (Å²) in [5.74, 6) is -0.654. The zero-order valence-corrected chi connectivity index (χ0v) is 20.4. The van der Waals surface area contributed by atoms with Crippen LogP contribution >= 0.6 is 0 Å². The van der Waals surface area contributed by atoms with Gasteiger partial charge in [-0.05, 0) is 56.4 Å². The highest BCUT2D eigenvalue weighted by molar-refractivity contribution is 7.89. The van der Waals surface area contributed by atoms with Gasteiger partial charge in [0.05, 0.1) is 10.8 Å². The minimum absolute atomic E-state index is 0.123. The maximum atomic E-state index is 13.2. The van der Waals surface area contributed by atoms with E-state index in [1.165, 1.54) is 4.31 Å². The van der Waals surface area contributed by atoms with E-state index in [9.17, 15) is 18.0 Å². The molecule has 3 atom stereocenters. The molecule has 2 N–H and O–H groups in total. The molecule has 1 saturated heterocycles. The van der Waals surface area contributed by atoms with Gasteiger partial charge < -0.3 is 10.6 Å². The van der Waals surface area contributed by atoms with Crippen LogP contribution in [0.3, 0.4) is 0 Å². The summed E-state index contributed by atoms with van der Waals surface area (Å²) in [5, 5.41) is 6.28. The molecule has 1 unspecified atom stereocenters. The summed E-state index contributed by atoms with van der Waals surface area (Å²) in [6, 6.07) is 15.5. The highest BCUT2D eigenvalue weighted by Gasteiger charge is 2.35. The molecule has 4 rings (SSSR count). The predicted molar refractivity (Wildman–Crippen MR) is 131 cm³/mol. The zero-order valence-electron chi connectivity index (χ0n) is 19.6. The number of benzene rings is 2. The number of amides is 2. The molecule has 2 fully saturated rings. The third-order valence-corrected chi connectivity index (χ3v) is 8.82. The summed E-state index contributed by atoms with van der Waals surface area (Å²) in [4.78, 5) is 26.3. The zero-order chi connectivity index (χ0) is 24.1. The third-order valence-electron chi connectivity index (χ3n) is 6.94. The van der Waals surface area contributed by atoms with Crippen molar-refractivity contribution in [1.29, 1.82) is 0 Å². The molecule has 1 aliphatic heterocycles. The lowest BCUT2D eigenvalue weighted by Gasteiger charge is -2.36. The van der Waals surface area contributed by atoms with Gasteiger partial charge in [-0.2, -0.15) is 4.31 Å². The molecule has 182 valence electrons. The number of aryl methyl sites for hydroxylation is 1. The van der Waals surface area contributed by atoms with Crippen LogP contribution in [0.1, 0.15) is 54.4 Å². The Morgan fingerprint density at radius 2 is 1.50 bits per heavy atom. The normalized spacial score (nSPS) is 23.7. The molecule has 8 heteroatoms. The summed E-state index contributed by atoms with van der Waals surface area (Å²) >= 11 is 0. The van der Waals surface area contributed by atoms with E-state index in [4.69, 9.17) is 0 Å². The number of piperidine rings is 1. The fourth-order valence-corrected chi connectivity index (χ4v) is 6.51. The van der Waals surface area contributed by atoms with Gasteiger partial charge in [0.2, 0.25) is 15.9 Å². The van der Waals surface area contributed by atoms with E-state index in [2.05, 4.69) is 10.6 Å². The van der Waals surface area contributed by atoms with Gasteiger partial charge in [-0.1, -0.05) is 49.2 Å². The van der Waals surface area contributed by atoms with Crippen molar-refractivity contribution in [2.24, 2.45) is 5.92 Å². The summed E-state index contributed by atoms with van der Waals surface area (Å²) in [7, 11) is -3.63. The van der Waals surface area contributed by atoms with Crippen LogP contribution in [-0.4, -0.2) is 49.7 Å². The highest BCUT2D eigenvalue weighted by atomic mass is 32.2. The van der Waals surface area contributed by atoms with E-state index in [0.29, 0.717) is 24.9 Å². The lowest BCUT2D eigenvalue weighted by molar-refractivity contribution is -0.127. The Morgan fingerprint density at radius 3 is 2.21 bits per heavy atom. The molecular formula is C26H33N3O4S. The molecule has 0 spiro atoms. The molecule has 0 bridgehead atoms. The molecule has 0 radical (unpaired) electrons. The fraction of sp³-hybridized carbons (Fsp3) is 0.462. The first-order valence-electron chi connectivity index (χ1n) is 12.1. The molecule has 2 aromatic rings. The molecule has 2 amide bonds. The smallest absolute Gasteiger partial charge is 0.251 e. The number of carbonyl (C=O) groups excluding carboxylic acids is 2. The summed E-state index contributed by atoms with van der Waals surface area (Å²) in [5.41, 5.74) is 1.56. The van der Waals surface area contributed by atoms with E-state index in [-0.39, 0.29) is 35.3 Å². The van der Waals surface area contributed by atoms with E-state index >= 15 is 0 Å². The van der Waals surface area contributed by atoms with Crippen molar-refractivity contribution in [2.75, 3.05) is 13.1 Å². The van der Waals surface area contributed by atoms with Crippen molar-refractivity contribution < 1.29 is 18.0 Å². The van der Waals surface area contributed by atoms with E-state index < -0.39 is 15.9 Å². The number of sulfonamides is 1. The Kier molecular flexibility index (Phi) is 7.68. The van der Waals surface area contributed by atoms with Gasteiger partial charge in [0.1, 0.15) is 0 Å². The highest BCUT2D eigenvalue weighted by Crippen LogP contribution is 2.25. The standard InChI is InChI=1S/C26H33N3O4S/c1-19-10-5-6-14-22(19)26(31)28-24-16-8-7-15-23(24)27-25(30)20-11-9-17-29(18-20)34(32,33)21-12-3-2-4-13-21/h2-6,10,12-14,20,23-24H,7-9,11,15-18H2,1H3,(H,27,30)(H,28,31)/t20?,23-,24-/m1/s1. The van der Waals surface area contributed by atoms with Gasteiger partial charge >= 0.3 is 0 Å². The van der Waals surface area contributed by atoms with Gasteiger partial charge in [0.15, 0.2) is 0 Å². The fourth-order valence-electron chi connectivity index (χ4n) is 4.97. The van der Waals surface area contributed by atoms with E-state index in [1.54, 1.807) is 30.3 Å². The molecule has 1 saturated carbocycles. The minimum atomic E-state index is -3.63. The van der Waals surface area contributed by atoms with Crippen LogP contribution in [0.25, 0.3) is 0 Å². The van der Waals surface area contributed by atoms with Gasteiger partial charge in [-0.25, -0.2) is 8.42 Å². The maximum Gasteiger partial charge on any atom is 0.251 e. The quantitative estimate of drug-likeness (QED) is 0.659. The molecule has 2 aromatic carbocycles. The van der Waals surface area contributed by atoms with Crippen molar-refractivity contribution in [3.63, 3.8) is 0 Å². The van der Waals surface area contributed by atoms with Crippen LogP contribution in [-0.2, 0) is 14.8 Å². The van der Waals surface area contributed by atoms with Crippen molar-refractivity contribution in [3.05, 3.63) is 65.7 Å². The van der Waals surface area contributed by atoms with Crippen molar-refractivity contribution in [1.82, 2.24) is 14.9 Å². The Hall–Kier alpha value is -2.71. The molecular weight excluding hydrogens is 450 g/mol. The van der Waals surface area contributed by atoms with Crippen LogP contribution in [0, 0.1) is 12.8 Å². The van der Waals surface area contributed by atoms with Gasteiger partial charge in [0, 0.05) is 30.7 Å². The van der Waals surface area contributed by atoms with E-state index in [0.717, 1.165) is 31.2 Å². The SMILES string of the molecule is Cc1ccccc1C(=O)N[C@@H]1CCCC[C@H]1NC(=O)C1CCCN(S(=O)(=O)c2ccccc2)C1. The van der Waals surface area contributed by atoms with Gasteiger partial charge in [0.25, 0.3) is 5.91 Å². The van der Waals surface area contributed by atoms with Crippen molar-refractivity contribution >= 4 is 21.8 Å². The van der Waals surface area contributed by atoms with Crippen LogP contribution in [0.4, 0.5) is 0 Å². The molecule has 0 aromatic heterocycles. The Morgan fingerprint density at radius 1 is 0.853 bits per heavy atom. The first kappa shape index (κ1) is 24.4. The van der Waals surface area contributed by atoms with Crippen LogP contribution in [0.15, 0.2) is 59.5 Å². The first-order valence-corrected chi connectivity index (χ1v) is 13.5. The largest absolute Gasteiger partial charge is 0.351 e. The Labute approximate surface area is 202 Å². The molecule has 34 heavy (non-hydrogen) atoms.